The van der Waals surface area contributed by atoms with E-state index in [1.165, 1.54) is 0 Å². The van der Waals surface area contributed by atoms with Crippen LogP contribution in [0.25, 0.3) is 0 Å². The van der Waals surface area contributed by atoms with Gasteiger partial charge in [-0.05, 0) is 32.8 Å². The summed E-state index contributed by atoms with van der Waals surface area (Å²) in [7, 11) is 0. The largest absolute Gasteiger partial charge is 0.475 e. The summed E-state index contributed by atoms with van der Waals surface area (Å²) in [4.78, 5) is 10.8. The molecule has 1 aliphatic rings. The van der Waals surface area contributed by atoms with Crippen LogP contribution in [0.3, 0.4) is 0 Å². The van der Waals surface area contributed by atoms with Gasteiger partial charge in [-0.15, -0.1) is 0 Å². The molecule has 2 N–H and O–H groups in total. The molecule has 2 rings (SSSR count). The second-order valence-electron chi connectivity index (χ2n) is 5.00. The van der Waals surface area contributed by atoms with Gasteiger partial charge in [0.15, 0.2) is 0 Å². The molecule has 1 aliphatic heterocycles. The third-order valence-electron chi connectivity index (χ3n) is 3.35. The second kappa shape index (κ2) is 5.12. The molecule has 1 aromatic heterocycles. The van der Waals surface area contributed by atoms with Gasteiger partial charge in [0, 0.05) is 25.3 Å². The van der Waals surface area contributed by atoms with Crippen molar-refractivity contribution in [1.82, 2.24) is 5.32 Å². The summed E-state index contributed by atoms with van der Waals surface area (Å²) in [5.74, 6) is -0.388. The van der Waals surface area contributed by atoms with Crippen LogP contribution in [-0.4, -0.2) is 29.8 Å². The molecular weight excluding hydrogens is 234 g/mol. The van der Waals surface area contributed by atoms with Crippen LogP contribution < -0.4 is 5.32 Å². The monoisotopic (exact) mass is 253 g/mol. The van der Waals surface area contributed by atoms with Crippen LogP contribution in [0.5, 0.6) is 0 Å². The number of rotatable bonds is 5. The van der Waals surface area contributed by atoms with Crippen molar-refractivity contribution in [2.24, 2.45) is 0 Å². The first-order valence-electron chi connectivity index (χ1n) is 6.17. The molecular formula is C13H19NO4. The van der Waals surface area contributed by atoms with E-state index in [9.17, 15) is 4.79 Å². The minimum absolute atomic E-state index is 0.00683. The van der Waals surface area contributed by atoms with Gasteiger partial charge in [0.05, 0.1) is 5.60 Å². The Hall–Kier alpha value is -1.33. The van der Waals surface area contributed by atoms with Crippen molar-refractivity contribution < 1.29 is 19.1 Å². The Kier molecular flexibility index (Phi) is 3.73. The lowest BCUT2D eigenvalue weighted by molar-refractivity contribution is 0.0206. The Bertz CT molecular complexity index is 432. The zero-order valence-corrected chi connectivity index (χ0v) is 10.8. The van der Waals surface area contributed by atoms with E-state index < -0.39 is 5.97 Å². The van der Waals surface area contributed by atoms with E-state index in [-0.39, 0.29) is 11.4 Å². The zero-order chi connectivity index (χ0) is 13.2. The Morgan fingerprint density at radius 2 is 2.39 bits per heavy atom. The SMILES string of the molecule is Cc1oc(C(=O)O)cc1CNCC1(C)CCCO1. The number of aromatic carboxylic acids is 1. The first-order valence-corrected chi connectivity index (χ1v) is 6.17. The van der Waals surface area contributed by atoms with Crippen molar-refractivity contribution in [1.29, 1.82) is 0 Å². The lowest BCUT2D eigenvalue weighted by atomic mass is 10.0. The second-order valence-corrected chi connectivity index (χ2v) is 5.00. The van der Waals surface area contributed by atoms with Gasteiger partial charge in [-0.3, -0.25) is 0 Å². The number of carboxylic acids is 1. The lowest BCUT2D eigenvalue weighted by Crippen LogP contribution is -2.36. The van der Waals surface area contributed by atoms with E-state index in [1.54, 1.807) is 13.0 Å². The standard InChI is InChI=1S/C13H19NO4/c1-9-10(6-11(18-9)12(15)16)7-14-8-13(2)4-3-5-17-13/h6,14H,3-5,7-8H2,1-2H3,(H,15,16). The van der Waals surface area contributed by atoms with Gasteiger partial charge in [0.25, 0.3) is 0 Å². The fourth-order valence-electron chi connectivity index (χ4n) is 2.24. The molecule has 1 fully saturated rings. The molecule has 1 unspecified atom stereocenters. The van der Waals surface area contributed by atoms with Crippen molar-refractivity contribution in [2.75, 3.05) is 13.2 Å². The molecule has 0 spiro atoms. The number of aryl methyl sites for hydroxylation is 1. The summed E-state index contributed by atoms with van der Waals surface area (Å²) >= 11 is 0. The van der Waals surface area contributed by atoms with Crippen molar-refractivity contribution >= 4 is 5.97 Å². The van der Waals surface area contributed by atoms with Gasteiger partial charge >= 0.3 is 5.97 Å². The van der Waals surface area contributed by atoms with Crippen LogP contribution in [0, 0.1) is 6.92 Å². The van der Waals surface area contributed by atoms with E-state index >= 15 is 0 Å². The molecule has 5 nitrogen and oxygen atoms in total. The number of furan rings is 1. The first kappa shape index (κ1) is 13.1. The Morgan fingerprint density at radius 3 is 2.94 bits per heavy atom. The van der Waals surface area contributed by atoms with Crippen molar-refractivity contribution in [2.45, 2.75) is 38.8 Å². The van der Waals surface area contributed by atoms with E-state index in [0.29, 0.717) is 12.3 Å². The molecule has 0 bridgehead atoms. The Balaban J connectivity index is 1.88. The molecule has 0 saturated carbocycles. The quantitative estimate of drug-likeness (QED) is 0.839. The van der Waals surface area contributed by atoms with Crippen molar-refractivity contribution in [3.05, 3.63) is 23.2 Å². The maximum Gasteiger partial charge on any atom is 0.371 e. The molecule has 5 heteroatoms. The van der Waals surface area contributed by atoms with E-state index in [2.05, 4.69) is 12.2 Å². The highest BCUT2D eigenvalue weighted by molar-refractivity contribution is 5.84. The summed E-state index contributed by atoms with van der Waals surface area (Å²) in [5, 5.41) is 12.1. The highest BCUT2D eigenvalue weighted by atomic mass is 16.5. The molecule has 0 amide bonds. The topological polar surface area (TPSA) is 71.7 Å². The van der Waals surface area contributed by atoms with Gasteiger partial charge in [0.2, 0.25) is 5.76 Å². The van der Waals surface area contributed by atoms with E-state index in [0.717, 1.165) is 31.6 Å². The van der Waals surface area contributed by atoms with Gasteiger partial charge in [0.1, 0.15) is 5.76 Å². The molecule has 0 aliphatic carbocycles. The van der Waals surface area contributed by atoms with Crippen LogP contribution >= 0.6 is 0 Å². The molecule has 1 atom stereocenters. The van der Waals surface area contributed by atoms with Gasteiger partial charge in [-0.1, -0.05) is 0 Å². The maximum atomic E-state index is 10.8. The summed E-state index contributed by atoms with van der Waals surface area (Å²) in [6, 6.07) is 1.57. The highest BCUT2D eigenvalue weighted by Crippen LogP contribution is 2.24. The molecule has 100 valence electrons. The van der Waals surface area contributed by atoms with Crippen LogP contribution in [-0.2, 0) is 11.3 Å². The van der Waals surface area contributed by atoms with Crippen LogP contribution in [0.2, 0.25) is 0 Å². The zero-order valence-electron chi connectivity index (χ0n) is 10.8. The summed E-state index contributed by atoms with van der Waals surface area (Å²) in [5.41, 5.74) is 0.793. The third-order valence-corrected chi connectivity index (χ3v) is 3.35. The van der Waals surface area contributed by atoms with Crippen LogP contribution in [0.1, 0.15) is 41.6 Å². The predicted molar refractivity (Wildman–Crippen MR) is 65.7 cm³/mol. The molecule has 0 radical (unpaired) electrons. The highest BCUT2D eigenvalue weighted by Gasteiger charge is 2.29. The number of carbonyl (C=O) groups is 1. The van der Waals surface area contributed by atoms with E-state index in [1.807, 2.05) is 0 Å². The Morgan fingerprint density at radius 1 is 1.61 bits per heavy atom. The average Bonchev–Trinajstić information content (AvgIpc) is 2.87. The smallest absolute Gasteiger partial charge is 0.371 e. The number of ether oxygens (including phenoxy) is 1. The molecule has 1 saturated heterocycles. The normalized spacial score (nSPS) is 23.4. The number of hydrogen-bond donors (Lipinski definition) is 2. The minimum atomic E-state index is -1.03. The first-order chi connectivity index (χ1) is 8.50. The molecule has 2 heterocycles. The van der Waals surface area contributed by atoms with Crippen molar-refractivity contribution in [3.63, 3.8) is 0 Å². The van der Waals surface area contributed by atoms with E-state index in [4.69, 9.17) is 14.3 Å². The fraction of sp³-hybridized carbons (Fsp3) is 0.615. The number of carboxylic acid groups (broad SMARTS) is 1. The third kappa shape index (κ3) is 2.91. The lowest BCUT2D eigenvalue weighted by Gasteiger charge is -2.23. The van der Waals surface area contributed by atoms with Gasteiger partial charge < -0.3 is 19.6 Å². The Labute approximate surface area is 106 Å². The van der Waals surface area contributed by atoms with Crippen LogP contribution in [0.4, 0.5) is 0 Å². The van der Waals surface area contributed by atoms with Crippen LogP contribution in [0.15, 0.2) is 10.5 Å². The fourth-order valence-corrected chi connectivity index (χ4v) is 2.24. The summed E-state index contributed by atoms with van der Waals surface area (Å²) in [6.45, 7) is 6.06. The molecule has 18 heavy (non-hydrogen) atoms. The molecule has 1 aromatic rings. The summed E-state index contributed by atoms with van der Waals surface area (Å²) in [6.07, 6.45) is 2.16. The molecule has 0 aromatic carbocycles. The maximum absolute atomic E-state index is 10.8. The van der Waals surface area contributed by atoms with Gasteiger partial charge in [-0.25, -0.2) is 4.79 Å². The van der Waals surface area contributed by atoms with Gasteiger partial charge in [-0.2, -0.15) is 0 Å². The number of hydrogen-bond acceptors (Lipinski definition) is 4. The summed E-state index contributed by atoms with van der Waals surface area (Å²) < 4.78 is 10.8. The van der Waals surface area contributed by atoms with Crippen molar-refractivity contribution in [3.8, 4) is 0 Å². The average molecular weight is 253 g/mol. The predicted octanol–water partition coefficient (Wildman–Crippen LogP) is 1.94. The number of nitrogens with one attached hydrogen (secondary N) is 1. The minimum Gasteiger partial charge on any atom is -0.475 e.